The van der Waals surface area contributed by atoms with E-state index in [1.54, 1.807) is 0 Å². The maximum absolute atomic E-state index is 10.7. The second-order valence-corrected chi connectivity index (χ2v) is 4.33. The van der Waals surface area contributed by atoms with Crippen LogP contribution in [0.3, 0.4) is 0 Å². The summed E-state index contributed by atoms with van der Waals surface area (Å²) in [4.78, 5) is 10.7. The van der Waals surface area contributed by atoms with E-state index >= 15 is 0 Å². The molecule has 19 heavy (non-hydrogen) atoms. The Balaban J connectivity index is 2.03. The van der Waals surface area contributed by atoms with Crippen molar-refractivity contribution in [2.24, 2.45) is 0 Å². The molecule has 7 nitrogen and oxygen atoms in total. The van der Waals surface area contributed by atoms with E-state index < -0.39 is 30.5 Å². The first-order chi connectivity index (χ1) is 8.99. The van der Waals surface area contributed by atoms with E-state index in [0.717, 1.165) is 0 Å². The number of ether oxygens (including phenoxy) is 1. The van der Waals surface area contributed by atoms with Gasteiger partial charge in [0.05, 0.1) is 12.2 Å². The van der Waals surface area contributed by atoms with Crippen LogP contribution in [-0.4, -0.2) is 57.5 Å². The summed E-state index contributed by atoms with van der Waals surface area (Å²) in [6.45, 7) is -0.0941. The van der Waals surface area contributed by atoms with Gasteiger partial charge in [0.25, 0.3) is 0 Å². The van der Waals surface area contributed by atoms with Gasteiger partial charge in [-0.05, 0) is 24.3 Å². The van der Waals surface area contributed by atoms with Gasteiger partial charge in [0.2, 0.25) is 0 Å². The molecule has 5 N–H and O–H groups in total. The fourth-order valence-corrected chi connectivity index (χ4v) is 1.81. The maximum atomic E-state index is 10.7. The molecule has 2 rings (SSSR count). The van der Waals surface area contributed by atoms with E-state index in [4.69, 9.17) is 9.84 Å². The van der Waals surface area contributed by atoms with E-state index in [2.05, 4.69) is 5.32 Å². The molecule has 4 atom stereocenters. The van der Waals surface area contributed by atoms with Crippen LogP contribution < -0.4 is 5.32 Å². The van der Waals surface area contributed by atoms with Gasteiger partial charge in [0.1, 0.15) is 18.3 Å². The summed E-state index contributed by atoms with van der Waals surface area (Å²) in [5.74, 6) is -1.03. The number of nitrogens with one attached hydrogen (secondary N) is 1. The topological polar surface area (TPSA) is 119 Å². The Kier molecular flexibility index (Phi) is 4.01. The molecular weight excluding hydrogens is 254 g/mol. The van der Waals surface area contributed by atoms with E-state index in [-0.39, 0.29) is 12.2 Å². The third kappa shape index (κ3) is 3.02. The van der Waals surface area contributed by atoms with Crippen molar-refractivity contribution < 1.29 is 30.0 Å². The zero-order chi connectivity index (χ0) is 14.0. The summed E-state index contributed by atoms with van der Waals surface area (Å²) in [5, 5.41) is 40.1. The van der Waals surface area contributed by atoms with Gasteiger partial charge < -0.3 is 30.5 Å². The van der Waals surface area contributed by atoms with Crippen molar-refractivity contribution in [1.29, 1.82) is 0 Å². The monoisotopic (exact) mass is 269 g/mol. The van der Waals surface area contributed by atoms with E-state index in [1.807, 2.05) is 0 Å². The van der Waals surface area contributed by atoms with Gasteiger partial charge in [-0.2, -0.15) is 0 Å². The molecule has 7 heteroatoms. The number of carbonyl (C=O) groups is 1. The lowest BCUT2D eigenvalue weighted by Gasteiger charge is -2.35. The smallest absolute Gasteiger partial charge is 0.335 e. The highest BCUT2D eigenvalue weighted by Gasteiger charge is 2.37. The Morgan fingerprint density at radius 1 is 1.16 bits per heavy atom. The number of anilines is 1. The van der Waals surface area contributed by atoms with E-state index in [9.17, 15) is 20.1 Å². The maximum Gasteiger partial charge on any atom is 0.335 e. The number of aliphatic hydroxyl groups excluding tert-OH is 3. The van der Waals surface area contributed by atoms with Crippen LogP contribution in [0.4, 0.5) is 5.69 Å². The fourth-order valence-electron chi connectivity index (χ4n) is 1.81. The largest absolute Gasteiger partial charge is 0.478 e. The molecule has 0 aliphatic carbocycles. The van der Waals surface area contributed by atoms with Gasteiger partial charge in [-0.15, -0.1) is 0 Å². The molecule has 0 bridgehead atoms. The number of hydrogen-bond acceptors (Lipinski definition) is 6. The summed E-state index contributed by atoms with van der Waals surface area (Å²) in [5.41, 5.74) is 0.684. The summed E-state index contributed by atoms with van der Waals surface area (Å²) in [6, 6.07) is 5.87. The summed E-state index contributed by atoms with van der Waals surface area (Å²) in [6.07, 6.45) is -4.55. The lowest BCUT2D eigenvalue weighted by molar-refractivity contribution is -0.178. The van der Waals surface area contributed by atoms with Gasteiger partial charge in [-0.1, -0.05) is 0 Å². The third-order valence-corrected chi connectivity index (χ3v) is 2.94. The lowest BCUT2D eigenvalue weighted by Crippen LogP contribution is -2.55. The number of hydrogen-bond donors (Lipinski definition) is 5. The van der Waals surface area contributed by atoms with Gasteiger partial charge >= 0.3 is 5.97 Å². The van der Waals surface area contributed by atoms with Crippen LogP contribution in [0, 0.1) is 0 Å². The molecule has 0 aromatic heterocycles. The number of aliphatic hydroxyl groups is 3. The van der Waals surface area contributed by atoms with Crippen molar-refractivity contribution in [1.82, 2.24) is 0 Å². The van der Waals surface area contributed by atoms with Gasteiger partial charge in [0.15, 0.2) is 6.23 Å². The highest BCUT2D eigenvalue weighted by Crippen LogP contribution is 2.19. The van der Waals surface area contributed by atoms with Crippen molar-refractivity contribution in [3.63, 3.8) is 0 Å². The molecule has 0 spiro atoms. The fraction of sp³-hybridized carbons (Fsp3) is 0.417. The minimum atomic E-state index is -1.29. The summed E-state index contributed by atoms with van der Waals surface area (Å²) < 4.78 is 5.17. The van der Waals surface area contributed by atoms with Crippen LogP contribution in [0.2, 0.25) is 0 Å². The Labute approximate surface area is 109 Å². The van der Waals surface area contributed by atoms with Crippen LogP contribution in [0.25, 0.3) is 0 Å². The van der Waals surface area contributed by atoms with Gasteiger partial charge in [-0.3, -0.25) is 0 Å². The normalized spacial score (nSPS) is 30.9. The summed E-state index contributed by atoms with van der Waals surface area (Å²) >= 11 is 0. The summed E-state index contributed by atoms with van der Waals surface area (Å²) in [7, 11) is 0. The molecule has 0 unspecified atom stereocenters. The van der Waals surface area contributed by atoms with Crippen LogP contribution in [-0.2, 0) is 4.74 Å². The molecule has 1 saturated heterocycles. The molecule has 0 radical (unpaired) electrons. The zero-order valence-electron chi connectivity index (χ0n) is 9.93. The number of rotatable bonds is 3. The lowest BCUT2D eigenvalue weighted by atomic mass is 10.0. The minimum absolute atomic E-state index is 0.0941. The number of carboxylic acid groups (broad SMARTS) is 1. The second-order valence-electron chi connectivity index (χ2n) is 4.33. The molecule has 1 aliphatic rings. The molecular formula is C12H15NO6. The quantitative estimate of drug-likeness (QED) is 0.489. The SMILES string of the molecule is O=C(O)c1ccc(N[C@@H]2OC[C@@H](O)[C@H](O)[C@H]2O)cc1. The van der Waals surface area contributed by atoms with Crippen molar-refractivity contribution >= 4 is 11.7 Å². The first kappa shape index (κ1) is 13.8. The molecule has 1 fully saturated rings. The first-order valence-electron chi connectivity index (χ1n) is 5.74. The predicted molar refractivity (Wildman–Crippen MR) is 64.8 cm³/mol. The van der Waals surface area contributed by atoms with Crippen molar-refractivity contribution in [2.45, 2.75) is 24.5 Å². The van der Waals surface area contributed by atoms with E-state index in [1.165, 1.54) is 24.3 Å². The number of aromatic carboxylic acids is 1. The Morgan fingerprint density at radius 2 is 1.79 bits per heavy atom. The second kappa shape index (κ2) is 5.54. The van der Waals surface area contributed by atoms with Crippen molar-refractivity contribution in [3.8, 4) is 0 Å². The van der Waals surface area contributed by atoms with Gasteiger partial charge in [0, 0.05) is 5.69 Å². The van der Waals surface area contributed by atoms with Crippen LogP contribution in [0.15, 0.2) is 24.3 Å². The highest BCUT2D eigenvalue weighted by atomic mass is 16.5. The molecule has 1 aliphatic heterocycles. The Morgan fingerprint density at radius 3 is 2.37 bits per heavy atom. The molecule has 1 heterocycles. The van der Waals surface area contributed by atoms with Crippen molar-refractivity contribution in [2.75, 3.05) is 11.9 Å². The Bertz CT molecular complexity index is 448. The standard InChI is InChI=1S/C12H15NO6/c14-8-5-19-11(10(16)9(8)15)13-7-3-1-6(2-4-7)12(17)18/h1-4,8-11,13-16H,5H2,(H,17,18)/t8-,9+,10-,11-/m1/s1. The van der Waals surface area contributed by atoms with Gasteiger partial charge in [-0.25, -0.2) is 4.79 Å². The molecule has 1 aromatic carbocycles. The van der Waals surface area contributed by atoms with Crippen LogP contribution >= 0.6 is 0 Å². The highest BCUT2D eigenvalue weighted by molar-refractivity contribution is 5.87. The third-order valence-electron chi connectivity index (χ3n) is 2.94. The van der Waals surface area contributed by atoms with Crippen LogP contribution in [0.1, 0.15) is 10.4 Å². The number of benzene rings is 1. The zero-order valence-corrected chi connectivity index (χ0v) is 9.93. The molecule has 0 amide bonds. The predicted octanol–water partition coefficient (Wildman–Crippen LogP) is -0.764. The Hall–Kier alpha value is -1.67. The first-order valence-corrected chi connectivity index (χ1v) is 5.74. The molecule has 1 aromatic rings. The minimum Gasteiger partial charge on any atom is -0.478 e. The average Bonchev–Trinajstić information content (AvgIpc) is 2.40. The molecule has 104 valence electrons. The van der Waals surface area contributed by atoms with Crippen LogP contribution in [0.5, 0.6) is 0 Å². The van der Waals surface area contributed by atoms with Crippen molar-refractivity contribution in [3.05, 3.63) is 29.8 Å². The van der Waals surface area contributed by atoms with E-state index in [0.29, 0.717) is 5.69 Å². The average molecular weight is 269 g/mol. The number of carboxylic acids is 1. The molecule has 0 saturated carbocycles.